The zero-order chi connectivity index (χ0) is 16.7. The minimum Gasteiger partial charge on any atom is -0.443 e. The Hall–Kier alpha value is -3.00. The number of fused-ring (bicyclic) bond motifs is 1. The van der Waals surface area contributed by atoms with Crippen molar-refractivity contribution in [3.8, 4) is 11.1 Å². The number of rotatable bonds is 3. The van der Waals surface area contributed by atoms with Gasteiger partial charge in [0.25, 0.3) is 0 Å². The molecule has 3 heterocycles. The number of carbonyl (C=O) groups excluding carboxylic acids is 1. The second-order valence-electron chi connectivity index (χ2n) is 5.53. The quantitative estimate of drug-likeness (QED) is 0.793. The average molecular weight is 327 g/mol. The van der Waals surface area contributed by atoms with Crippen molar-refractivity contribution in [2.45, 2.75) is 6.10 Å². The van der Waals surface area contributed by atoms with E-state index in [1.165, 1.54) is 11.0 Å². The summed E-state index contributed by atoms with van der Waals surface area (Å²) in [5.74, 6) is -0.427. The summed E-state index contributed by atoms with van der Waals surface area (Å²) in [6.07, 6.45) is 2.43. The minimum absolute atomic E-state index is 0.238. The fourth-order valence-corrected chi connectivity index (χ4v) is 2.75. The molecule has 1 atom stereocenters. The van der Waals surface area contributed by atoms with E-state index in [0.717, 1.165) is 0 Å². The summed E-state index contributed by atoms with van der Waals surface area (Å²) in [6, 6.07) is 8.19. The second kappa shape index (κ2) is 5.57. The lowest BCUT2D eigenvalue weighted by atomic mass is 10.1. The van der Waals surface area contributed by atoms with Gasteiger partial charge in [0.15, 0.2) is 5.65 Å². The molecule has 24 heavy (non-hydrogen) atoms. The van der Waals surface area contributed by atoms with Crippen molar-refractivity contribution in [3.63, 3.8) is 0 Å². The van der Waals surface area contributed by atoms with Gasteiger partial charge in [-0.2, -0.15) is 0 Å². The molecule has 1 amide bonds. The van der Waals surface area contributed by atoms with Gasteiger partial charge in [0.2, 0.25) is 0 Å². The Morgan fingerprint density at radius 2 is 2.21 bits per heavy atom. The molecule has 0 saturated carbocycles. The molecular formula is C16H14FN5O2. The maximum atomic E-state index is 14.6. The van der Waals surface area contributed by atoms with E-state index in [4.69, 9.17) is 10.5 Å². The molecule has 3 aromatic rings. The predicted molar refractivity (Wildman–Crippen MR) is 85.1 cm³/mol. The van der Waals surface area contributed by atoms with E-state index in [2.05, 4.69) is 10.2 Å². The largest absolute Gasteiger partial charge is 0.443 e. The smallest absolute Gasteiger partial charge is 0.414 e. The van der Waals surface area contributed by atoms with Crippen LogP contribution in [0.1, 0.15) is 0 Å². The monoisotopic (exact) mass is 327 g/mol. The van der Waals surface area contributed by atoms with E-state index in [1.807, 2.05) is 0 Å². The van der Waals surface area contributed by atoms with Crippen LogP contribution in [0.25, 0.3) is 16.8 Å². The number of ether oxygens (including phenoxy) is 1. The molecule has 0 spiro atoms. The number of halogens is 1. The molecule has 1 aromatic carbocycles. The summed E-state index contributed by atoms with van der Waals surface area (Å²) in [5, 5.41) is 7.72. The van der Waals surface area contributed by atoms with E-state index in [1.54, 1.807) is 41.2 Å². The molecule has 2 N–H and O–H groups in total. The Balaban J connectivity index is 1.68. The van der Waals surface area contributed by atoms with Gasteiger partial charge >= 0.3 is 6.09 Å². The van der Waals surface area contributed by atoms with E-state index in [9.17, 15) is 9.18 Å². The lowest BCUT2D eigenvalue weighted by Crippen LogP contribution is -2.27. The van der Waals surface area contributed by atoms with Crippen LogP contribution in [0.5, 0.6) is 0 Å². The summed E-state index contributed by atoms with van der Waals surface area (Å²) in [4.78, 5) is 13.2. The maximum absolute atomic E-state index is 14.6. The molecule has 1 aliphatic heterocycles. The van der Waals surface area contributed by atoms with Crippen LogP contribution in [-0.2, 0) is 4.74 Å². The number of carbonyl (C=O) groups is 1. The van der Waals surface area contributed by atoms with Crippen molar-refractivity contribution in [2.75, 3.05) is 18.0 Å². The molecule has 0 aliphatic carbocycles. The van der Waals surface area contributed by atoms with Crippen molar-refractivity contribution in [1.82, 2.24) is 14.6 Å². The van der Waals surface area contributed by atoms with E-state index >= 15 is 0 Å². The van der Waals surface area contributed by atoms with Crippen molar-refractivity contribution in [2.24, 2.45) is 5.73 Å². The highest BCUT2D eigenvalue weighted by Crippen LogP contribution is 2.29. The Kier molecular flexibility index (Phi) is 3.39. The topological polar surface area (TPSA) is 85.8 Å². The van der Waals surface area contributed by atoms with Gasteiger partial charge in [-0.25, -0.2) is 9.18 Å². The number of amides is 1. The molecule has 4 rings (SSSR count). The third kappa shape index (κ3) is 2.37. The van der Waals surface area contributed by atoms with Crippen molar-refractivity contribution < 1.29 is 13.9 Å². The maximum Gasteiger partial charge on any atom is 0.414 e. The minimum atomic E-state index is -0.511. The van der Waals surface area contributed by atoms with E-state index in [-0.39, 0.29) is 12.6 Å². The van der Waals surface area contributed by atoms with Gasteiger partial charge in [-0.1, -0.05) is 0 Å². The van der Waals surface area contributed by atoms with Gasteiger partial charge < -0.3 is 10.5 Å². The molecule has 8 heteroatoms. The van der Waals surface area contributed by atoms with Crippen LogP contribution >= 0.6 is 0 Å². The molecule has 122 valence electrons. The van der Waals surface area contributed by atoms with Gasteiger partial charge in [-0.3, -0.25) is 9.30 Å². The number of nitrogens with zero attached hydrogens (tertiary/aromatic N) is 4. The Morgan fingerprint density at radius 3 is 2.96 bits per heavy atom. The number of hydrogen-bond donors (Lipinski definition) is 1. The molecule has 1 aliphatic rings. The van der Waals surface area contributed by atoms with Crippen LogP contribution in [0.2, 0.25) is 0 Å². The lowest BCUT2D eigenvalue weighted by Gasteiger charge is -2.14. The molecule has 7 nitrogen and oxygen atoms in total. The number of anilines is 1. The fourth-order valence-electron chi connectivity index (χ4n) is 2.75. The van der Waals surface area contributed by atoms with Crippen LogP contribution in [0.3, 0.4) is 0 Å². The number of cyclic esters (lactones) is 1. The summed E-state index contributed by atoms with van der Waals surface area (Å²) < 4.78 is 21.4. The highest BCUT2D eigenvalue weighted by molar-refractivity contribution is 5.90. The predicted octanol–water partition coefficient (Wildman–Crippen LogP) is 1.82. The Labute approximate surface area is 136 Å². The van der Waals surface area contributed by atoms with Gasteiger partial charge in [0.05, 0.1) is 12.2 Å². The summed E-state index contributed by atoms with van der Waals surface area (Å²) in [5.41, 5.74) is 7.76. The average Bonchev–Trinajstić information content (AvgIpc) is 3.20. The fraction of sp³-hybridized carbons (Fsp3) is 0.188. The van der Waals surface area contributed by atoms with Crippen molar-refractivity contribution in [3.05, 3.63) is 48.7 Å². The van der Waals surface area contributed by atoms with E-state index in [0.29, 0.717) is 29.0 Å². The molecular weight excluding hydrogens is 313 g/mol. The lowest BCUT2D eigenvalue weighted by molar-refractivity contribution is 0.145. The first-order chi connectivity index (χ1) is 11.7. The molecule has 1 fully saturated rings. The summed E-state index contributed by atoms with van der Waals surface area (Å²) in [7, 11) is 0. The van der Waals surface area contributed by atoms with Crippen molar-refractivity contribution in [1.29, 1.82) is 0 Å². The summed E-state index contributed by atoms with van der Waals surface area (Å²) >= 11 is 0. The normalized spacial score (nSPS) is 17.5. The third-order valence-corrected chi connectivity index (χ3v) is 4.00. The zero-order valence-corrected chi connectivity index (χ0v) is 12.6. The highest BCUT2D eigenvalue weighted by Gasteiger charge is 2.31. The van der Waals surface area contributed by atoms with Crippen LogP contribution in [-0.4, -0.2) is 39.9 Å². The van der Waals surface area contributed by atoms with Crippen molar-refractivity contribution >= 4 is 17.4 Å². The number of nitrogens with two attached hydrogens (primary N) is 1. The highest BCUT2D eigenvalue weighted by atomic mass is 19.1. The zero-order valence-electron chi connectivity index (χ0n) is 12.6. The van der Waals surface area contributed by atoms with Crippen LogP contribution in [0, 0.1) is 5.82 Å². The first-order valence-corrected chi connectivity index (χ1v) is 7.43. The molecule has 1 saturated heterocycles. The summed E-state index contributed by atoms with van der Waals surface area (Å²) in [6.45, 7) is 0.558. The Bertz CT molecular complexity index is 926. The molecule has 0 radical (unpaired) electrons. The van der Waals surface area contributed by atoms with Crippen LogP contribution < -0.4 is 10.6 Å². The number of hydrogen-bond acceptors (Lipinski definition) is 5. The Morgan fingerprint density at radius 1 is 1.33 bits per heavy atom. The van der Waals surface area contributed by atoms with Crippen LogP contribution in [0.4, 0.5) is 14.9 Å². The molecule has 2 aromatic heterocycles. The van der Waals surface area contributed by atoms with Gasteiger partial charge in [0, 0.05) is 23.9 Å². The number of pyridine rings is 1. The number of aromatic nitrogens is 3. The molecule has 1 unspecified atom stereocenters. The third-order valence-electron chi connectivity index (χ3n) is 4.00. The molecule has 0 bridgehead atoms. The van der Waals surface area contributed by atoms with Gasteiger partial charge in [0.1, 0.15) is 18.2 Å². The SMILES string of the molecule is NCC1CN(c2ccc(-c3ccc4nncn4c3)c(F)c2)C(=O)O1. The van der Waals surface area contributed by atoms with Crippen LogP contribution in [0.15, 0.2) is 42.9 Å². The second-order valence-corrected chi connectivity index (χ2v) is 5.53. The number of benzene rings is 1. The first-order valence-electron chi connectivity index (χ1n) is 7.43. The van der Waals surface area contributed by atoms with Gasteiger partial charge in [-0.15, -0.1) is 10.2 Å². The first kappa shape index (κ1) is 14.6. The van der Waals surface area contributed by atoms with Gasteiger partial charge in [-0.05, 0) is 30.3 Å². The standard InChI is InChI=1S/C16H14FN5O2/c17-14-5-11(22-8-12(6-18)24-16(22)23)2-3-13(14)10-1-4-15-20-19-9-21(15)7-10/h1-5,7,9,12H,6,8,18H2. The van der Waals surface area contributed by atoms with E-state index < -0.39 is 11.9 Å².